The topological polar surface area (TPSA) is 76.6 Å². The zero-order chi connectivity index (χ0) is 19.5. The first-order chi connectivity index (χ1) is 13.7. The fourth-order valence-electron chi connectivity index (χ4n) is 3.94. The second-order valence-electron chi connectivity index (χ2n) is 7.31. The van der Waals surface area contributed by atoms with E-state index in [0.717, 1.165) is 55.3 Å². The van der Waals surface area contributed by atoms with Crippen molar-refractivity contribution in [3.63, 3.8) is 0 Å². The first kappa shape index (κ1) is 18.7. The Kier molecular flexibility index (Phi) is 5.43. The van der Waals surface area contributed by atoms with Gasteiger partial charge >= 0.3 is 0 Å². The number of likely N-dealkylation sites (tertiary alicyclic amines) is 1. The summed E-state index contributed by atoms with van der Waals surface area (Å²) in [6, 6.07) is 5.54. The zero-order valence-corrected chi connectivity index (χ0v) is 16.4. The molecule has 28 heavy (non-hydrogen) atoms. The van der Waals surface area contributed by atoms with Crippen LogP contribution in [0.15, 0.2) is 24.4 Å². The SMILES string of the molecule is COc1ccc(OC)c(CC(=O)N2CCC(c3ncc4c(n3)CCNC4)C2)c1. The quantitative estimate of drug-likeness (QED) is 0.848. The molecule has 2 aliphatic rings. The van der Waals surface area contributed by atoms with E-state index in [1.54, 1.807) is 14.2 Å². The summed E-state index contributed by atoms with van der Waals surface area (Å²) < 4.78 is 10.7. The van der Waals surface area contributed by atoms with Crippen molar-refractivity contribution < 1.29 is 14.3 Å². The van der Waals surface area contributed by atoms with Crippen LogP contribution >= 0.6 is 0 Å². The molecule has 3 heterocycles. The van der Waals surface area contributed by atoms with Gasteiger partial charge in [0.1, 0.15) is 17.3 Å². The number of nitrogens with one attached hydrogen (secondary N) is 1. The van der Waals surface area contributed by atoms with Gasteiger partial charge in [0, 0.05) is 61.5 Å². The number of carbonyl (C=O) groups is 1. The van der Waals surface area contributed by atoms with Crippen LogP contribution in [0.1, 0.15) is 35.0 Å². The molecule has 1 atom stereocenters. The Morgan fingerprint density at radius 2 is 2.21 bits per heavy atom. The van der Waals surface area contributed by atoms with E-state index in [1.165, 1.54) is 5.56 Å². The summed E-state index contributed by atoms with van der Waals surface area (Å²) >= 11 is 0. The standard InChI is InChI=1S/C21H26N4O3/c1-27-17-3-4-19(28-2)15(9-17)10-20(26)25-8-6-14(13-25)21-23-12-16-11-22-7-5-18(16)24-21/h3-4,9,12,14,22H,5-8,10-11,13H2,1-2H3. The number of benzene rings is 1. The van der Waals surface area contributed by atoms with Crippen LogP contribution in [-0.4, -0.2) is 54.6 Å². The van der Waals surface area contributed by atoms with Gasteiger partial charge in [-0.15, -0.1) is 0 Å². The number of ether oxygens (including phenoxy) is 2. The highest BCUT2D eigenvalue weighted by atomic mass is 16.5. The van der Waals surface area contributed by atoms with Crippen LogP contribution in [0.5, 0.6) is 11.5 Å². The Balaban J connectivity index is 1.43. The van der Waals surface area contributed by atoms with E-state index in [2.05, 4.69) is 10.3 Å². The van der Waals surface area contributed by atoms with Gasteiger partial charge < -0.3 is 19.7 Å². The normalized spacial score (nSPS) is 18.6. The second-order valence-corrected chi connectivity index (χ2v) is 7.31. The number of hydrogen-bond donors (Lipinski definition) is 1. The third-order valence-corrected chi connectivity index (χ3v) is 5.56. The Bertz CT molecular complexity index is 871. The molecule has 0 radical (unpaired) electrons. The number of fused-ring (bicyclic) bond motifs is 1. The van der Waals surface area contributed by atoms with E-state index in [-0.39, 0.29) is 11.8 Å². The van der Waals surface area contributed by atoms with E-state index in [0.29, 0.717) is 18.7 Å². The summed E-state index contributed by atoms with van der Waals surface area (Å²) in [5, 5.41) is 3.34. The molecule has 1 unspecified atom stereocenters. The van der Waals surface area contributed by atoms with Crippen LogP contribution in [-0.2, 0) is 24.2 Å². The Labute approximate surface area is 165 Å². The van der Waals surface area contributed by atoms with Gasteiger partial charge in [0.05, 0.1) is 20.6 Å². The Morgan fingerprint density at radius 1 is 1.32 bits per heavy atom. The number of aromatic nitrogens is 2. The van der Waals surface area contributed by atoms with Crippen LogP contribution < -0.4 is 14.8 Å². The number of methoxy groups -OCH3 is 2. The first-order valence-electron chi connectivity index (χ1n) is 9.72. The number of nitrogens with zero attached hydrogens (tertiary/aromatic N) is 3. The van der Waals surface area contributed by atoms with Crippen LogP contribution in [0.25, 0.3) is 0 Å². The maximum Gasteiger partial charge on any atom is 0.227 e. The van der Waals surface area contributed by atoms with Gasteiger partial charge in [0.2, 0.25) is 5.91 Å². The fraction of sp³-hybridized carbons (Fsp3) is 0.476. The molecule has 7 nitrogen and oxygen atoms in total. The molecule has 1 N–H and O–H groups in total. The molecule has 148 valence electrons. The molecule has 1 amide bonds. The lowest BCUT2D eigenvalue weighted by Crippen LogP contribution is -2.30. The largest absolute Gasteiger partial charge is 0.497 e. The van der Waals surface area contributed by atoms with E-state index in [4.69, 9.17) is 14.5 Å². The molecule has 1 fully saturated rings. The van der Waals surface area contributed by atoms with E-state index in [9.17, 15) is 4.79 Å². The highest BCUT2D eigenvalue weighted by molar-refractivity contribution is 5.80. The van der Waals surface area contributed by atoms with Crippen molar-refractivity contribution >= 4 is 5.91 Å². The van der Waals surface area contributed by atoms with Gasteiger partial charge in [-0.3, -0.25) is 4.79 Å². The Hall–Kier alpha value is -2.67. The highest BCUT2D eigenvalue weighted by Gasteiger charge is 2.30. The summed E-state index contributed by atoms with van der Waals surface area (Å²) in [5.41, 5.74) is 3.17. The summed E-state index contributed by atoms with van der Waals surface area (Å²) in [7, 11) is 3.23. The molecule has 7 heteroatoms. The third kappa shape index (κ3) is 3.80. The number of rotatable bonds is 5. The Morgan fingerprint density at radius 3 is 3.04 bits per heavy atom. The smallest absolute Gasteiger partial charge is 0.227 e. The van der Waals surface area contributed by atoms with Crippen molar-refractivity contribution in [1.29, 1.82) is 0 Å². The van der Waals surface area contributed by atoms with E-state index >= 15 is 0 Å². The summed E-state index contributed by atoms with van der Waals surface area (Å²) in [5.74, 6) is 2.60. The first-order valence-corrected chi connectivity index (χ1v) is 9.72. The molecule has 0 bridgehead atoms. The lowest BCUT2D eigenvalue weighted by atomic mass is 10.1. The van der Waals surface area contributed by atoms with Crippen molar-refractivity contribution in [2.75, 3.05) is 33.9 Å². The van der Waals surface area contributed by atoms with Crippen molar-refractivity contribution in [2.45, 2.75) is 31.7 Å². The monoisotopic (exact) mass is 382 g/mol. The lowest BCUT2D eigenvalue weighted by molar-refractivity contribution is -0.129. The molecule has 1 saturated heterocycles. The molecule has 2 aromatic rings. The molecule has 4 rings (SSSR count). The van der Waals surface area contributed by atoms with Crippen LogP contribution in [0.2, 0.25) is 0 Å². The second kappa shape index (κ2) is 8.14. The number of hydrogen-bond acceptors (Lipinski definition) is 6. The summed E-state index contributed by atoms with van der Waals surface area (Å²) in [6.07, 6.45) is 4.08. The van der Waals surface area contributed by atoms with E-state index in [1.807, 2.05) is 29.3 Å². The van der Waals surface area contributed by atoms with E-state index < -0.39 is 0 Å². The zero-order valence-electron chi connectivity index (χ0n) is 16.4. The van der Waals surface area contributed by atoms with Crippen molar-refractivity contribution in [3.8, 4) is 11.5 Å². The molecule has 2 aliphatic heterocycles. The van der Waals surface area contributed by atoms with Gasteiger partial charge in [0.25, 0.3) is 0 Å². The molecule has 1 aromatic heterocycles. The maximum atomic E-state index is 12.9. The average molecular weight is 382 g/mol. The van der Waals surface area contributed by atoms with Gasteiger partial charge in [-0.05, 0) is 24.6 Å². The third-order valence-electron chi connectivity index (χ3n) is 5.56. The predicted molar refractivity (Wildman–Crippen MR) is 105 cm³/mol. The lowest BCUT2D eigenvalue weighted by Gasteiger charge is -2.19. The molecule has 1 aromatic carbocycles. The van der Waals surface area contributed by atoms with Gasteiger partial charge in [0.15, 0.2) is 0 Å². The average Bonchev–Trinajstić information content (AvgIpc) is 3.24. The van der Waals surface area contributed by atoms with Crippen LogP contribution in [0.3, 0.4) is 0 Å². The number of carbonyl (C=O) groups excluding carboxylic acids is 1. The van der Waals surface area contributed by atoms with Crippen molar-refractivity contribution in [1.82, 2.24) is 20.2 Å². The summed E-state index contributed by atoms with van der Waals surface area (Å²) in [4.78, 5) is 24.2. The number of amides is 1. The van der Waals surface area contributed by atoms with Gasteiger partial charge in [-0.2, -0.15) is 0 Å². The van der Waals surface area contributed by atoms with Gasteiger partial charge in [-0.25, -0.2) is 9.97 Å². The molecule has 0 aliphatic carbocycles. The molecular formula is C21H26N4O3. The van der Waals surface area contributed by atoms with Crippen LogP contribution in [0.4, 0.5) is 0 Å². The minimum Gasteiger partial charge on any atom is -0.497 e. The highest BCUT2D eigenvalue weighted by Crippen LogP contribution is 2.28. The summed E-state index contributed by atoms with van der Waals surface area (Å²) in [6.45, 7) is 3.20. The fourth-order valence-corrected chi connectivity index (χ4v) is 3.94. The molecule has 0 spiro atoms. The maximum absolute atomic E-state index is 12.9. The minimum atomic E-state index is 0.0937. The predicted octanol–water partition coefficient (Wildman–Crippen LogP) is 1.70. The van der Waals surface area contributed by atoms with Gasteiger partial charge in [-0.1, -0.05) is 0 Å². The molecular weight excluding hydrogens is 356 g/mol. The molecule has 0 saturated carbocycles. The minimum absolute atomic E-state index is 0.0937. The van der Waals surface area contributed by atoms with Crippen LogP contribution in [0, 0.1) is 0 Å². The van der Waals surface area contributed by atoms with Crippen molar-refractivity contribution in [2.24, 2.45) is 0 Å². The van der Waals surface area contributed by atoms with Crippen molar-refractivity contribution in [3.05, 3.63) is 47.0 Å².